The third-order valence-electron chi connectivity index (χ3n) is 0.871. The van der Waals surface area contributed by atoms with Crippen molar-refractivity contribution < 1.29 is 11.7 Å². The van der Waals surface area contributed by atoms with Gasteiger partial charge < -0.3 is 0 Å². The van der Waals surface area contributed by atoms with Crippen LogP contribution in [0.4, 0.5) is 11.7 Å². The highest BCUT2D eigenvalue weighted by molar-refractivity contribution is 8.35. The Balaban J connectivity index is 4.92. The van der Waals surface area contributed by atoms with Crippen molar-refractivity contribution in [1.29, 1.82) is 0 Å². The summed E-state index contributed by atoms with van der Waals surface area (Å²) >= 11 is 0. The van der Waals surface area contributed by atoms with E-state index in [2.05, 4.69) is 0 Å². The Bertz CT molecular complexity index is 137. The Hall–Kier alpha value is 0.01000. The van der Waals surface area contributed by atoms with Crippen LogP contribution in [0.25, 0.3) is 0 Å². The maximum atomic E-state index is 11.9. The molecule has 0 rings (SSSR count). The molecule has 0 aromatic rings. The summed E-state index contributed by atoms with van der Waals surface area (Å²) in [4.78, 5) is -0.415. The third kappa shape index (κ3) is 2.35. The molecule has 0 saturated carbocycles. The topological polar surface area (TPSA) is 0 Å². The minimum atomic E-state index is -5.55. The van der Waals surface area contributed by atoms with Gasteiger partial charge in [0.05, 0.1) is 0 Å². The van der Waals surface area contributed by atoms with Gasteiger partial charge in [-0.15, -0.1) is 11.7 Å². The smallest absolute Gasteiger partial charge is 0.135 e. The largest absolute Gasteiger partial charge is 0.136 e. The average Bonchev–Trinajstić information content (AvgIpc) is 1.27. The Morgan fingerprint density at radius 1 is 1.12 bits per heavy atom. The normalized spacial score (nSPS) is 17.0. The van der Waals surface area contributed by atoms with Crippen molar-refractivity contribution in [2.75, 3.05) is 6.26 Å². The Morgan fingerprint density at radius 2 is 1.25 bits per heavy atom. The van der Waals surface area contributed by atoms with Crippen LogP contribution in [0.15, 0.2) is 0 Å². The summed E-state index contributed by atoms with van der Waals surface area (Å²) in [5.41, 5.74) is 0. The van der Waals surface area contributed by atoms with Crippen molar-refractivity contribution >= 4 is 14.8 Å². The molecule has 52 valence electrons. The number of rotatable bonds is 0. The second-order valence-corrected chi connectivity index (χ2v) is 4.95. The van der Waals surface area contributed by atoms with Gasteiger partial charge in [-0.2, -0.15) is 0 Å². The van der Waals surface area contributed by atoms with E-state index in [9.17, 15) is 11.7 Å². The Labute approximate surface area is 47.4 Å². The highest BCUT2D eigenvalue weighted by Gasteiger charge is 2.24. The number of halogens is 3. The zero-order valence-electron chi connectivity index (χ0n) is 5.04. The second kappa shape index (κ2) is 1.50. The van der Waals surface area contributed by atoms with Gasteiger partial charge in [-0.1, -0.05) is 0 Å². The summed E-state index contributed by atoms with van der Waals surface area (Å²) in [5, 5.41) is 0. The molecule has 0 nitrogen and oxygen atoms in total. The van der Waals surface area contributed by atoms with Crippen LogP contribution in [0.1, 0.15) is 13.8 Å². The van der Waals surface area contributed by atoms with Crippen molar-refractivity contribution in [1.82, 2.24) is 0 Å². The van der Waals surface area contributed by atoms with E-state index >= 15 is 0 Å². The monoisotopic (exact) mass is 146 g/mol. The van der Waals surface area contributed by atoms with Crippen molar-refractivity contribution in [2.45, 2.75) is 13.8 Å². The van der Waals surface area contributed by atoms with Crippen LogP contribution in [-0.4, -0.2) is 11.1 Å². The molecule has 0 bridgehead atoms. The van der Waals surface area contributed by atoms with E-state index in [1.807, 2.05) is 0 Å². The lowest BCUT2D eigenvalue weighted by atomic mass is 10.6. The number of hydrogen-bond donors (Lipinski definition) is 0. The van der Waals surface area contributed by atoms with Gasteiger partial charge in [0.25, 0.3) is 0 Å². The van der Waals surface area contributed by atoms with Crippen molar-refractivity contribution in [3.05, 3.63) is 0 Å². The fourth-order valence-corrected chi connectivity index (χ4v) is 0. The van der Waals surface area contributed by atoms with Crippen LogP contribution in [0.2, 0.25) is 0 Å². The molecule has 0 aliphatic carbocycles. The number of hydrogen-bond acceptors (Lipinski definition) is 0. The molecule has 4 heteroatoms. The summed E-state index contributed by atoms with van der Waals surface area (Å²) in [6, 6.07) is 0. The van der Waals surface area contributed by atoms with Gasteiger partial charge in [-0.05, 0) is 13.8 Å². The van der Waals surface area contributed by atoms with Crippen molar-refractivity contribution in [2.24, 2.45) is 0 Å². The van der Waals surface area contributed by atoms with Gasteiger partial charge in [0.2, 0.25) is 0 Å². The first-order valence-electron chi connectivity index (χ1n) is 2.08. The van der Waals surface area contributed by atoms with E-state index in [0.29, 0.717) is 6.26 Å². The van der Waals surface area contributed by atoms with Crippen LogP contribution in [0.5, 0.6) is 0 Å². The molecule has 0 atom stereocenters. The predicted molar refractivity (Wildman–Crippen MR) is 33.2 cm³/mol. The molecule has 0 aliphatic rings. The van der Waals surface area contributed by atoms with E-state index in [1.54, 1.807) is 0 Å². The van der Waals surface area contributed by atoms with Crippen molar-refractivity contribution in [3.8, 4) is 0 Å². The molecule has 0 saturated heterocycles. The summed E-state index contributed by atoms with van der Waals surface area (Å²) in [5.74, 6) is 0. The molecule has 0 fully saturated rings. The molecule has 0 radical (unpaired) electrons. The lowest BCUT2D eigenvalue weighted by Crippen LogP contribution is -1.93. The van der Waals surface area contributed by atoms with Crippen molar-refractivity contribution in [3.63, 3.8) is 0 Å². The lowest BCUT2D eigenvalue weighted by molar-refractivity contribution is 0.637. The molecule has 0 N–H and O–H groups in total. The van der Waals surface area contributed by atoms with Crippen LogP contribution >= 0.6 is 9.91 Å². The fourth-order valence-electron chi connectivity index (χ4n) is 0. The lowest BCUT2D eigenvalue weighted by Gasteiger charge is -2.18. The molecule has 0 spiro atoms. The first-order valence-corrected chi connectivity index (χ1v) is 4.23. The van der Waals surface area contributed by atoms with Crippen LogP contribution in [0.3, 0.4) is 0 Å². The van der Waals surface area contributed by atoms with E-state index in [1.165, 1.54) is 0 Å². The van der Waals surface area contributed by atoms with E-state index in [-0.39, 0.29) is 0 Å². The quantitative estimate of drug-likeness (QED) is 0.461. The van der Waals surface area contributed by atoms with E-state index in [4.69, 9.17) is 0 Å². The van der Waals surface area contributed by atoms with Crippen LogP contribution in [-0.2, 0) is 0 Å². The first kappa shape index (κ1) is 8.01. The minimum absolute atomic E-state index is 0.354. The van der Waals surface area contributed by atoms with Gasteiger partial charge in [0, 0.05) is 11.1 Å². The van der Waals surface area contributed by atoms with Gasteiger partial charge in [-0.25, -0.2) is 0 Å². The Kier molecular flexibility index (Phi) is 1.50. The van der Waals surface area contributed by atoms with Gasteiger partial charge >= 0.3 is 0 Å². The molecule has 0 amide bonds. The summed E-state index contributed by atoms with van der Waals surface area (Å²) < 4.78 is 35.8. The van der Waals surface area contributed by atoms with Gasteiger partial charge in [0.15, 0.2) is 0 Å². The molecule has 0 aromatic heterocycles. The van der Waals surface area contributed by atoms with Crippen LogP contribution < -0.4 is 0 Å². The minimum Gasteiger partial charge on any atom is -0.136 e. The predicted octanol–water partition coefficient (Wildman–Crippen LogP) is 2.82. The molecule has 0 aliphatic heterocycles. The molecular weight excluding hydrogens is 137 g/mol. The third-order valence-corrected chi connectivity index (χ3v) is 2.61. The van der Waals surface area contributed by atoms with E-state index in [0.717, 1.165) is 13.8 Å². The molecular formula is C4H9F3S. The second-order valence-electron chi connectivity index (χ2n) is 1.98. The summed E-state index contributed by atoms with van der Waals surface area (Å²) in [7, 11) is -5.55. The zero-order valence-corrected chi connectivity index (χ0v) is 5.86. The summed E-state index contributed by atoms with van der Waals surface area (Å²) in [6.45, 7) is 2.20. The maximum absolute atomic E-state index is 11.9. The molecule has 0 unspecified atom stereocenters. The zero-order chi connectivity index (χ0) is 7.02. The standard InChI is InChI=1S/C4H9F3S/c1-4(2)8(3,5,6)7/h1-3H3. The van der Waals surface area contributed by atoms with Gasteiger partial charge in [0.1, 0.15) is 9.91 Å². The average molecular weight is 146 g/mol. The summed E-state index contributed by atoms with van der Waals surface area (Å²) in [6.07, 6.45) is 0.354. The highest BCUT2D eigenvalue weighted by Crippen LogP contribution is 2.61. The fraction of sp³-hybridized carbons (Fsp3) is 0.750. The van der Waals surface area contributed by atoms with E-state index < -0.39 is 14.8 Å². The van der Waals surface area contributed by atoms with Crippen LogP contribution in [0, 0.1) is 0 Å². The maximum Gasteiger partial charge on any atom is 0.135 e. The molecule has 0 aromatic carbocycles. The molecule has 8 heavy (non-hydrogen) atoms. The Morgan fingerprint density at radius 3 is 1.25 bits per heavy atom. The van der Waals surface area contributed by atoms with Gasteiger partial charge in [-0.3, -0.25) is 0 Å². The highest BCUT2D eigenvalue weighted by atomic mass is 32.4. The molecule has 0 heterocycles. The SMILES string of the molecule is CC(C)=S(C)(F)(F)F. The first-order chi connectivity index (χ1) is 3.20.